The molecular formula is C15H33KN2O5. The molecule has 0 aromatic carbocycles. The molecular weight excluding hydrogens is 327 g/mol. The van der Waals surface area contributed by atoms with Crippen molar-refractivity contribution < 1.29 is 75.5 Å². The second-order valence-electron chi connectivity index (χ2n) is 4.14. The van der Waals surface area contributed by atoms with E-state index in [1.807, 2.05) is 20.9 Å². The molecule has 0 saturated carbocycles. The third-order valence-electron chi connectivity index (χ3n) is 2.38. The molecule has 0 aliphatic heterocycles. The zero-order chi connectivity index (χ0) is 16.9. The first-order valence-corrected chi connectivity index (χ1v) is 8.04. The van der Waals surface area contributed by atoms with Gasteiger partial charge in [-0.1, -0.05) is 13.8 Å². The average molecular weight is 361 g/mol. The molecule has 1 amide bonds. The molecule has 0 radical (unpaired) electrons. The van der Waals surface area contributed by atoms with Crippen LogP contribution < -0.4 is 67.1 Å². The predicted octanol–water partition coefficient (Wildman–Crippen LogP) is -3.46. The molecule has 134 valence electrons. The Morgan fingerprint density at radius 2 is 1.43 bits per heavy atom. The number of hydrogen-bond acceptors (Lipinski definition) is 6. The van der Waals surface area contributed by atoms with Gasteiger partial charge in [0.15, 0.2) is 0 Å². The third kappa shape index (κ3) is 28.0. The van der Waals surface area contributed by atoms with Crippen molar-refractivity contribution in [2.75, 3.05) is 66.4 Å². The molecule has 8 heteroatoms. The number of carbonyl (C=O) groups is 1. The summed E-state index contributed by atoms with van der Waals surface area (Å²) < 4.78 is 15.3. The summed E-state index contributed by atoms with van der Waals surface area (Å²) in [5.74, 6) is -0.103. The Morgan fingerprint density at radius 1 is 0.913 bits per heavy atom. The van der Waals surface area contributed by atoms with E-state index in [0.29, 0.717) is 33.0 Å². The van der Waals surface area contributed by atoms with Gasteiger partial charge in [-0.2, -0.15) is 0 Å². The van der Waals surface area contributed by atoms with Gasteiger partial charge < -0.3 is 30.0 Å². The largest absolute Gasteiger partial charge is 1.00 e. The van der Waals surface area contributed by atoms with Crippen molar-refractivity contribution in [3.63, 3.8) is 0 Å². The van der Waals surface area contributed by atoms with Gasteiger partial charge in [0.2, 0.25) is 5.91 Å². The van der Waals surface area contributed by atoms with E-state index in [0.717, 1.165) is 19.4 Å². The van der Waals surface area contributed by atoms with Crippen LogP contribution in [0.1, 0.15) is 26.7 Å². The minimum absolute atomic E-state index is 0. The van der Waals surface area contributed by atoms with Gasteiger partial charge in [-0.05, 0) is 26.4 Å². The quantitative estimate of drug-likeness (QED) is 0.233. The first-order chi connectivity index (χ1) is 10.8. The van der Waals surface area contributed by atoms with Gasteiger partial charge in [0.05, 0.1) is 26.4 Å². The number of ether oxygens (including phenoxy) is 3. The van der Waals surface area contributed by atoms with E-state index in [1.165, 1.54) is 0 Å². The van der Waals surface area contributed by atoms with Gasteiger partial charge in [0.1, 0.15) is 6.61 Å². The number of rotatable bonds is 15. The first-order valence-electron chi connectivity index (χ1n) is 8.04. The summed E-state index contributed by atoms with van der Waals surface area (Å²) in [6.07, 6.45) is 2.00. The molecule has 0 aliphatic carbocycles. The van der Waals surface area contributed by atoms with Crippen LogP contribution in [0.3, 0.4) is 0 Å². The summed E-state index contributed by atoms with van der Waals surface area (Å²) in [6.45, 7) is 7.31. The maximum absolute atomic E-state index is 11.3. The van der Waals surface area contributed by atoms with Crippen LogP contribution in [0.15, 0.2) is 0 Å². The third-order valence-corrected chi connectivity index (χ3v) is 2.38. The van der Waals surface area contributed by atoms with Crippen LogP contribution >= 0.6 is 0 Å². The number of amides is 1. The molecule has 0 unspecified atom stereocenters. The van der Waals surface area contributed by atoms with Crippen molar-refractivity contribution >= 4 is 5.91 Å². The van der Waals surface area contributed by atoms with E-state index in [1.54, 1.807) is 0 Å². The summed E-state index contributed by atoms with van der Waals surface area (Å²) in [6, 6.07) is 0. The summed E-state index contributed by atoms with van der Waals surface area (Å²) in [5, 5.41) is 15.9. The fourth-order valence-corrected chi connectivity index (χ4v) is 1.37. The van der Waals surface area contributed by atoms with E-state index < -0.39 is 0 Å². The molecule has 0 aromatic heterocycles. The van der Waals surface area contributed by atoms with E-state index in [2.05, 4.69) is 10.6 Å². The number of unbranched alkanes of at least 4 members (excludes halogenated alkanes) is 1. The molecule has 0 bridgehead atoms. The summed E-state index contributed by atoms with van der Waals surface area (Å²) in [7, 11) is 1.91. The zero-order valence-corrected chi connectivity index (χ0v) is 18.4. The van der Waals surface area contributed by atoms with Gasteiger partial charge in [-0.15, -0.1) is 6.61 Å². The normalized spacial score (nSPS) is 9.57. The minimum atomic E-state index is -0.229. The van der Waals surface area contributed by atoms with Crippen molar-refractivity contribution in [3.8, 4) is 0 Å². The Labute approximate surface area is 183 Å². The van der Waals surface area contributed by atoms with Crippen molar-refractivity contribution in [2.45, 2.75) is 26.7 Å². The predicted molar refractivity (Wildman–Crippen MR) is 84.8 cm³/mol. The van der Waals surface area contributed by atoms with Gasteiger partial charge in [0, 0.05) is 13.2 Å². The molecule has 0 heterocycles. The van der Waals surface area contributed by atoms with E-state index in [-0.39, 0.29) is 77.1 Å². The number of carbonyl (C=O) groups excluding carboxylic acids is 1. The topological polar surface area (TPSA) is 91.9 Å². The standard InChI is InChI=1S/C13H27N2O5.C2H6.K/c1-14-4-2-3-5-15-13(17)12-20-11-10-19-9-8-18-7-6-16;1-2;/h14H,2-12H2,1H3,(H,15,17);1-2H3;/q-1;;+1. The molecule has 0 aromatic rings. The Balaban J connectivity index is -0.00000128. The van der Waals surface area contributed by atoms with Crippen LogP contribution in [0.4, 0.5) is 0 Å². The molecule has 7 nitrogen and oxygen atoms in total. The Kier molecular flexibility index (Phi) is 34.6. The molecule has 0 spiro atoms. The number of nitrogens with one attached hydrogen (secondary N) is 2. The van der Waals surface area contributed by atoms with Crippen molar-refractivity contribution in [1.82, 2.24) is 10.6 Å². The van der Waals surface area contributed by atoms with E-state index in [4.69, 9.17) is 14.2 Å². The van der Waals surface area contributed by atoms with Crippen LogP contribution in [0, 0.1) is 0 Å². The Hall–Kier alpha value is 0.906. The van der Waals surface area contributed by atoms with Crippen molar-refractivity contribution in [1.29, 1.82) is 0 Å². The fourth-order valence-electron chi connectivity index (χ4n) is 1.37. The fraction of sp³-hybridized carbons (Fsp3) is 0.933. The minimum Gasteiger partial charge on any atom is -0.853 e. The van der Waals surface area contributed by atoms with Crippen LogP contribution in [0.25, 0.3) is 0 Å². The van der Waals surface area contributed by atoms with E-state index >= 15 is 0 Å². The summed E-state index contributed by atoms with van der Waals surface area (Å²) in [5.41, 5.74) is 0. The van der Waals surface area contributed by atoms with Crippen LogP contribution in [0.2, 0.25) is 0 Å². The first kappa shape index (κ1) is 28.7. The SMILES string of the molecule is CC.CNCCCCNC(=O)COCCOCCOCC[O-].[K+]. The second-order valence-corrected chi connectivity index (χ2v) is 4.14. The molecule has 2 N–H and O–H groups in total. The summed E-state index contributed by atoms with van der Waals surface area (Å²) in [4.78, 5) is 11.3. The zero-order valence-electron chi connectivity index (χ0n) is 15.3. The smallest absolute Gasteiger partial charge is 0.853 e. The molecule has 23 heavy (non-hydrogen) atoms. The maximum atomic E-state index is 11.3. The summed E-state index contributed by atoms with van der Waals surface area (Å²) >= 11 is 0. The van der Waals surface area contributed by atoms with Crippen LogP contribution in [-0.2, 0) is 19.0 Å². The van der Waals surface area contributed by atoms with Gasteiger partial charge in [-0.25, -0.2) is 0 Å². The maximum Gasteiger partial charge on any atom is 1.00 e. The van der Waals surface area contributed by atoms with E-state index in [9.17, 15) is 9.90 Å². The van der Waals surface area contributed by atoms with Crippen molar-refractivity contribution in [2.24, 2.45) is 0 Å². The molecule has 0 atom stereocenters. The average Bonchev–Trinajstić information content (AvgIpc) is 2.55. The van der Waals surface area contributed by atoms with Gasteiger partial charge >= 0.3 is 51.4 Å². The molecule has 0 fully saturated rings. The number of hydrogen-bond donors (Lipinski definition) is 2. The van der Waals surface area contributed by atoms with Crippen LogP contribution in [0.5, 0.6) is 0 Å². The Bertz CT molecular complexity index is 224. The van der Waals surface area contributed by atoms with Crippen LogP contribution in [-0.4, -0.2) is 72.3 Å². The Morgan fingerprint density at radius 3 is 2.00 bits per heavy atom. The van der Waals surface area contributed by atoms with Crippen molar-refractivity contribution in [3.05, 3.63) is 0 Å². The van der Waals surface area contributed by atoms with Gasteiger partial charge in [0.25, 0.3) is 0 Å². The monoisotopic (exact) mass is 360 g/mol. The second kappa shape index (κ2) is 27.7. The molecule has 0 saturated heterocycles. The molecule has 0 rings (SSSR count). The molecule has 0 aliphatic rings. The van der Waals surface area contributed by atoms with Gasteiger partial charge in [-0.3, -0.25) is 4.79 Å².